The topological polar surface area (TPSA) is 55.4 Å². The van der Waals surface area contributed by atoms with E-state index in [1.807, 2.05) is 20.8 Å². The van der Waals surface area contributed by atoms with E-state index < -0.39 is 10.0 Å². The molecule has 0 bridgehead atoms. The molecule has 21 heavy (non-hydrogen) atoms. The second-order valence-electron chi connectivity index (χ2n) is 6.17. The van der Waals surface area contributed by atoms with Crippen LogP contribution >= 0.6 is 0 Å². The molecule has 1 fully saturated rings. The van der Waals surface area contributed by atoms with Gasteiger partial charge in [0.2, 0.25) is 10.0 Å². The minimum absolute atomic E-state index is 0.0118. The summed E-state index contributed by atoms with van der Waals surface area (Å²) in [5.41, 5.74) is 2.38. The van der Waals surface area contributed by atoms with Gasteiger partial charge in [0.1, 0.15) is 0 Å². The molecule has 0 aromatic heterocycles. The van der Waals surface area contributed by atoms with Gasteiger partial charge in [-0.15, -0.1) is 0 Å². The molecule has 4 nitrogen and oxygen atoms in total. The normalized spacial score (nSPS) is 23.4. The maximum Gasteiger partial charge on any atom is 0.215 e. The first-order valence-electron chi connectivity index (χ1n) is 7.53. The van der Waals surface area contributed by atoms with Crippen molar-refractivity contribution in [2.75, 3.05) is 13.2 Å². The van der Waals surface area contributed by atoms with Crippen LogP contribution in [0.25, 0.3) is 0 Å². The van der Waals surface area contributed by atoms with E-state index in [0.717, 1.165) is 6.42 Å². The summed E-state index contributed by atoms with van der Waals surface area (Å²) in [6.45, 7) is 6.79. The summed E-state index contributed by atoms with van der Waals surface area (Å²) < 4.78 is 33.2. The Hall–Kier alpha value is -0.910. The molecule has 1 N–H and O–H groups in total. The molecular weight excluding hydrogens is 286 g/mol. The minimum atomic E-state index is -3.29. The van der Waals surface area contributed by atoms with E-state index in [1.54, 1.807) is 0 Å². The quantitative estimate of drug-likeness (QED) is 0.907. The van der Waals surface area contributed by atoms with Crippen molar-refractivity contribution < 1.29 is 13.2 Å². The van der Waals surface area contributed by atoms with Gasteiger partial charge < -0.3 is 4.74 Å². The summed E-state index contributed by atoms with van der Waals surface area (Å²) >= 11 is 0. The minimum Gasteiger partial charge on any atom is -0.381 e. The van der Waals surface area contributed by atoms with Gasteiger partial charge in [0, 0.05) is 18.6 Å². The van der Waals surface area contributed by atoms with Gasteiger partial charge >= 0.3 is 0 Å². The molecule has 0 amide bonds. The van der Waals surface area contributed by atoms with Gasteiger partial charge in [-0.25, -0.2) is 13.1 Å². The lowest BCUT2D eigenvalue weighted by Gasteiger charge is -2.32. The second kappa shape index (κ2) is 6.90. The Bertz CT molecular complexity index is 551. The SMILES string of the molecule is Cc1ccc(CC2COCCC2S(=O)(=O)NC(C)C)cc1. The maximum atomic E-state index is 12.5. The van der Waals surface area contributed by atoms with E-state index in [4.69, 9.17) is 4.74 Å². The standard InChI is InChI=1S/C16H25NO3S/c1-12(2)17-21(18,19)16-8-9-20-11-15(16)10-14-6-4-13(3)5-7-14/h4-7,12,15-17H,8-11H2,1-3H3. The number of hydrogen-bond acceptors (Lipinski definition) is 3. The van der Waals surface area contributed by atoms with E-state index >= 15 is 0 Å². The monoisotopic (exact) mass is 311 g/mol. The van der Waals surface area contributed by atoms with Gasteiger partial charge in [-0.3, -0.25) is 0 Å². The van der Waals surface area contributed by atoms with Crippen molar-refractivity contribution in [3.63, 3.8) is 0 Å². The van der Waals surface area contributed by atoms with Crippen molar-refractivity contribution in [3.05, 3.63) is 35.4 Å². The number of benzene rings is 1. The smallest absolute Gasteiger partial charge is 0.215 e. The summed E-state index contributed by atoms with van der Waals surface area (Å²) in [5, 5.41) is -0.366. The zero-order valence-corrected chi connectivity index (χ0v) is 13.8. The summed E-state index contributed by atoms with van der Waals surface area (Å²) in [6.07, 6.45) is 1.31. The summed E-state index contributed by atoms with van der Waals surface area (Å²) in [6, 6.07) is 8.20. The molecule has 1 aliphatic heterocycles. The molecule has 5 heteroatoms. The van der Waals surface area contributed by atoms with Crippen LogP contribution in [-0.4, -0.2) is 32.9 Å². The molecule has 1 saturated heterocycles. The fraction of sp³-hybridized carbons (Fsp3) is 0.625. The van der Waals surface area contributed by atoms with Gasteiger partial charge in [0.15, 0.2) is 0 Å². The van der Waals surface area contributed by atoms with E-state index in [9.17, 15) is 8.42 Å². The molecule has 1 heterocycles. The Balaban J connectivity index is 2.13. The molecule has 1 aromatic carbocycles. The number of nitrogens with one attached hydrogen (secondary N) is 1. The van der Waals surface area contributed by atoms with Gasteiger partial charge in [0.05, 0.1) is 11.9 Å². The van der Waals surface area contributed by atoms with Crippen LogP contribution in [0.1, 0.15) is 31.4 Å². The van der Waals surface area contributed by atoms with E-state index in [1.165, 1.54) is 11.1 Å². The highest BCUT2D eigenvalue weighted by atomic mass is 32.2. The van der Waals surface area contributed by atoms with Crippen molar-refractivity contribution in [2.24, 2.45) is 5.92 Å². The largest absolute Gasteiger partial charge is 0.381 e. The van der Waals surface area contributed by atoms with Crippen LogP contribution in [0.3, 0.4) is 0 Å². The maximum absolute atomic E-state index is 12.5. The number of ether oxygens (including phenoxy) is 1. The summed E-state index contributed by atoms with van der Waals surface area (Å²) in [4.78, 5) is 0. The highest BCUT2D eigenvalue weighted by molar-refractivity contribution is 7.90. The fourth-order valence-corrected chi connectivity index (χ4v) is 4.74. The van der Waals surface area contributed by atoms with Crippen LogP contribution in [0.5, 0.6) is 0 Å². The zero-order valence-electron chi connectivity index (χ0n) is 13.0. The second-order valence-corrected chi connectivity index (χ2v) is 8.10. The Morgan fingerprint density at radius 2 is 1.95 bits per heavy atom. The first-order valence-corrected chi connectivity index (χ1v) is 9.07. The molecule has 0 radical (unpaired) electrons. The van der Waals surface area contributed by atoms with Crippen LogP contribution in [0.2, 0.25) is 0 Å². The first-order chi connectivity index (χ1) is 9.88. The molecule has 1 aromatic rings. The van der Waals surface area contributed by atoms with Crippen LogP contribution < -0.4 is 4.72 Å². The van der Waals surface area contributed by atoms with Crippen molar-refractivity contribution in [2.45, 2.75) is 44.9 Å². The number of sulfonamides is 1. The van der Waals surface area contributed by atoms with Gasteiger partial charge in [0.25, 0.3) is 0 Å². The van der Waals surface area contributed by atoms with E-state index in [-0.39, 0.29) is 17.2 Å². The van der Waals surface area contributed by atoms with Gasteiger partial charge in [-0.2, -0.15) is 0 Å². The van der Waals surface area contributed by atoms with Gasteiger partial charge in [-0.05, 0) is 39.2 Å². The molecule has 2 atom stereocenters. The van der Waals surface area contributed by atoms with E-state index in [2.05, 4.69) is 29.0 Å². The van der Waals surface area contributed by atoms with Crippen molar-refractivity contribution in [1.29, 1.82) is 0 Å². The molecular formula is C16H25NO3S. The van der Waals surface area contributed by atoms with Crippen molar-refractivity contribution in [3.8, 4) is 0 Å². The third-order valence-electron chi connectivity index (χ3n) is 3.82. The molecule has 2 rings (SSSR count). The third-order valence-corrected chi connectivity index (χ3v) is 6.04. The zero-order chi connectivity index (χ0) is 15.5. The Morgan fingerprint density at radius 3 is 2.57 bits per heavy atom. The lowest BCUT2D eigenvalue weighted by molar-refractivity contribution is 0.0569. The molecule has 0 spiro atoms. The van der Waals surface area contributed by atoms with Crippen molar-refractivity contribution in [1.82, 2.24) is 4.72 Å². The molecule has 2 unspecified atom stereocenters. The Morgan fingerprint density at radius 1 is 1.29 bits per heavy atom. The predicted octanol–water partition coefficient (Wildman–Crippen LogP) is 2.27. The average Bonchev–Trinajstić information content (AvgIpc) is 2.40. The molecule has 0 aliphatic carbocycles. The summed E-state index contributed by atoms with van der Waals surface area (Å²) in [7, 11) is -3.29. The number of rotatable bonds is 5. The van der Waals surface area contributed by atoms with Crippen LogP contribution in [0.4, 0.5) is 0 Å². The molecule has 0 saturated carbocycles. The highest BCUT2D eigenvalue weighted by Crippen LogP contribution is 2.25. The third kappa shape index (κ3) is 4.53. The average molecular weight is 311 g/mol. The van der Waals surface area contributed by atoms with Crippen molar-refractivity contribution >= 4 is 10.0 Å². The van der Waals surface area contributed by atoms with Crippen LogP contribution in [0.15, 0.2) is 24.3 Å². The Labute approximate surface area is 127 Å². The molecule has 1 aliphatic rings. The summed E-state index contributed by atoms with van der Waals surface area (Å²) in [5.74, 6) is 0.0118. The molecule has 118 valence electrons. The van der Waals surface area contributed by atoms with Crippen LogP contribution in [0, 0.1) is 12.8 Å². The number of hydrogen-bond donors (Lipinski definition) is 1. The van der Waals surface area contributed by atoms with Crippen LogP contribution in [-0.2, 0) is 21.2 Å². The van der Waals surface area contributed by atoms with Gasteiger partial charge in [-0.1, -0.05) is 29.8 Å². The predicted molar refractivity (Wildman–Crippen MR) is 84.8 cm³/mol. The Kier molecular flexibility index (Phi) is 5.41. The number of aryl methyl sites for hydroxylation is 1. The highest BCUT2D eigenvalue weighted by Gasteiger charge is 2.36. The lowest BCUT2D eigenvalue weighted by Crippen LogP contribution is -2.46. The fourth-order valence-electron chi connectivity index (χ4n) is 2.82. The first kappa shape index (κ1) is 16.5. The van der Waals surface area contributed by atoms with E-state index in [0.29, 0.717) is 19.6 Å². The lowest BCUT2D eigenvalue weighted by atomic mass is 9.93.